The summed E-state index contributed by atoms with van der Waals surface area (Å²) >= 11 is 1.70. The Morgan fingerprint density at radius 2 is 1.86 bits per heavy atom. The Kier molecular flexibility index (Phi) is 3.71. The highest BCUT2D eigenvalue weighted by molar-refractivity contribution is 7.21. The number of benzene rings is 2. The van der Waals surface area contributed by atoms with E-state index in [9.17, 15) is 4.79 Å². The number of hydrogen-bond acceptors (Lipinski definition) is 3. The molecule has 2 aromatic carbocycles. The maximum atomic E-state index is 11.3. The summed E-state index contributed by atoms with van der Waals surface area (Å²) < 4.78 is 1.20. The van der Waals surface area contributed by atoms with Crippen molar-refractivity contribution >= 4 is 27.5 Å². The minimum atomic E-state index is 0.0743. The molecule has 0 saturated carbocycles. The lowest BCUT2D eigenvalue weighted by molar-refractivity contribution is -0.128. The molecule has 0 unspecified atom stereocenters. The van der Waals surface area contributed by atoms with Gasteiger partial charge in [0.05, 0.1) is 10.2 Å². The summed E-state index contributed by atoms with van der Waals surface area (Å²) in [5, 5.41) is 1.03. The Balaban J connectivity index is 1.85. The van der Waals surface area contributed by atoms with Gasteiger partial charge in [-0.3, -0.25) is 4.79 Å². The van der Waals surface area contributed by atoms with E-state index < -0.39 is 0 Å². The van der Waals surface area contributed by atoms with Crippen LogP contribution in [-0.2, 0) is 11.3 Å². The van der Waals surface area contributed by atoms with Gasteiger partial charge >= 0.3 is 0 Å². The van der Waals surface area contributed by atoms with Gasteiger partial charge in [0.1, 0.15) is 5.01 Å². The number of carbonyl (C=O) groups is 1. The zero-order valence-electron chi connectivity index (χ0n) is 12.0. The topological polar surface area (TPSA) is 33.2 Å². The van der Waals surface area contributed by atoms with Crippen LogP contribution in [0.15, 0.2) is 48.5 Å². The summed E-state index contributed by atoms with van der Waals surface area (Å²) in [5.74, 6) is 0.0743. The SMILES string of the molecule is CC(=O)N(C)Cc1ccc(-c2nc3ccccc3s2)cc1. The maximum absolute atomic E-state index is 11.3. The van der Waals surface area contributed by atoms with Crippen molar-refractivity contribution in [1.29, 1.82) is 0 Å². The first-order valence-electron chi connectivity index (χ1n) is 6.80. The first-order chi connectivity index (χ1) is 10.1. The lowest BCUT2D eigenvalue weighted by Gasteiger charge is -2.14. The number of carbonyl (C=O) groups excluding carboxylic acids is 1. The van der Waals surface area contributed by atoms with Crippen LogP contribution in [0.1, 0.15) is 12.5 Å². The average Bonchev–Trinajstić information content (AvgIpc) is 2.91. The number of para-hydroxylation sites is 1. The van der Waals surface area contributed by atoms with Crippen molar-refractivity contribution in [2.24, 2.45) is 0 Å². The van der Waals surface area contributed by atoms with Crippen molar-refractivity contribution in [2.75, 3.05) is 7.05 Å². The zero-order chi connectivity index (χ0) is 14.8. The monoisotopic (exact) mass is 296 g/mol. The third-order valence-corrected chi connectivity index (χ3v) is 4.54. The van der Waals surface area contributed by atoms with E-state index in [-0.39, 0.29) is 5.91 Å². The summed E-state index contributed by atoms with van der Waals surface area (Å²) in [4.78, 5) is 17.6. The Bertz CT molecular complexity index is 744. The fourth-order valence-electron chi connectivity index (χ4n) is 2.13. The second kappa shape index (κ2) is 5.66. The number of amides is 1. The molecular weight excluding hydrogens is 280 g/mol. The third-order valence-electron chi connectivity index (χ3n) is 3.45. The van der Waals surface area contributed by atoms with Crippen molar-refractivity contribution in [1.82, 2.24) is 9.88 Å². The molecule has 0 fully saturated rings. The highest BCUT2D eigenvalue weighted by Crippen LogP contribution is 2.30. The summed E-state index contributed by atoms with van der Waals surface area (Å²) in [5.41, 5.74) is 3.28. The first-order valence-corrected chi connectivity index (χ1v) is 7.62. The second-order valence-corrected chi connectivity index (χ2v) is 6.09. The van der Waals surface area contributed by atoms with Gasteiger partial charge < -0.3 is 4.90 Å². The molecule has 0 spiro atoms. The van der Waals surface area contributed by atoms with Crippen LogP contribution in [-0.4, -0.2) is 22.8 Å². The lowest BCUT2D eigenvalue weighted by Crippen LogP contribution is -2.22. The van der Waals surface area contributed by atoms with Crippen LogP contribution in [0.5, 0.6) is 0 Å². The Labute approximate surface area is 127 Å². The molecule has 0 aliphatic rings. The molecule has 3 aromatic rings. The molecule has 4 heteroatoms. The van der Waals surface area contributed by atoms with Crippen molar-refractivity contribution in [3.63, 3.8) is 0 Å². The fourth-order valence-corrected chi connectivity index (χ4v) is 3.10. The smallest absolute Gasteiger partial charge is 0.219 e. The largest absolute Gasteiger partial charge is 0.342 e. The van der Waals surface area contributed by atoms with E-state index in [1.54, 1.807) is 23.2 Å². The fraction of sp³-hybridized carbons (Fsp3) is 0.176. The first kappa shape index (κ1) is 13.8. The van der Waals surface area contributed by atoms with E-state index in [4.69, 9.17) is 0 Å². The van der Waals surface area contributed by atoms with Crippen LogP contribution in [0, 0.1) is 0 Å². The van der Waals surface area contributed by atoms with Gasteiger partial charge in [0, 0.05) is 26.1 Å². The summed E-state index contributed by atoms with van der Waals surface area (Å²) in [6, 6.07) is 16.4. The molecule has 3 rings (SSSR count). The van der Waals surface area contributed by atoms with Crippen LogP contribution < -0.4 is 0 Å². The van der Waals surface area contributed by atoms with Gasteiger partial charge in [-0.15, -0.1) is 11.3 Å². The molecule has 0 bridgehead atoms. The second-order valence-electron chi connectivity index (χ2n) is 5.06. The van der Waals surface area contributed by atoms with Crippen molar-refractivity contribution in [2.45, 2.75) is 13.5 Å². The van der Waals surface area contributed by atoms with Crippen molar-refractivity contribution < 1.29 is 4.79 Å². The molecule has 0 aliphatic carbocycles. The molecular formula is C17H16N2OS. The van der Waals surface area contributed by atoms with E-state index in [2.05, 4.69) is 35.3 Å². The molecule has 0 saturated heterocycles. The number of aromatic nitrogens is 1. The average molecular weight is 296 g/mol. The normalized spacial score (nSPS) is 10.8. The molecule has 0 aliphatic heterocycles. The summed E-state index contributed by atoms with van der Waals surface area (Å²) in [6.45, 7) is 2.21. The number of hydrogen-bond donors (Lipinski definition) is 0. The number of nitrogens with zero attached hydrogens (tertiary/aromatic N) is 2. The minimum absolute atomic E-state index is 0.0743. The predicted molar refractivity (Wildman–Crippen MR) is 87.2 cm³/mol. The molecule has 1 amide bonds. The van der Waals surface area contributed by atoms with Crippen molar-refractivity contribution in [3.8, 4) is 10.6 Å². The van der Waals surface area contributed by atoms with Crippen LogP contribution in [0.3, 0.4) is 0 Å². The summed E-state index contributed by atoms with van der Waals surface area (Å²) in [6.07, 6.45) is 0. The van der Waals surface area contributed by atoms with Gasteiger partial charge in [-0.2, -0.15) is 0 Å². The third kappa shape index (κ3) is 2.95. The van der Waals surface area contributed by atoms with E-state index in [0.29, 0.717) is 6.54 Å². The molecule has 0 radical (unpaired) electrons. The molecule has 3 nitrogen and oxygen atoms in total. The lowest BCUT2D eigenvalue weighted by atomic mass is 10.1. The van der Waals surface area contributed by atoms with Gasteiger partial charge in [0.25, 0.3) is 0 Å². The highest BCUT2D eigenvalue weighted by Gasteiger charge is 2.07. The minimum Gasteiger partial charge on any atom is -0.342 e. The van der Waals surface area contributed by atoms with Crippen molar-refractivity contribution in [3.05, 3.63) is 54.1 Å². The van der Waals surface area contributed by atoms with Gasteiger partial charge in [-0.1, -0.05) is 36.4 Å². The van der Waals surface area contributed by atoms with Gasteiger partial charge in [0.2, 0.25) is 5.91 Å². The van der Waals surface area contributed by atoms with Crippen LogP contribution in [0.25, 0.3) is 20.8 Å². The van der Waals surface area contributed by atoms with Gasteiger partial charge in [-0.05, 0) is 17.7 Å². The molecule has 21 heavy (non-hydrogen) atoms. The van der Waals surface area contributed by atoms with E-state index in [0.717, 1.165) is 21.7 Å². The molecule has 0 atom stereocenters. The zero-order valence-corrected chi connectivity index (χ0v) is 12.9. The number of rotatable bonds is 3. The Morgan fingerprint density at radius 1 is 1.14 bits per heavy atom. The van der Waals surface area contributed by atoms with E-state index in [1.165, 1.54) is 4.70 Å². The van der Waals surface area contributed by atoms with Gasteiger partial charge in [0.15, 0.2) is 0 Å². The predicted octanol–water partition coefficient (Wildman–Crippen LogP) is 3.94. The number of fused-ring (bicyclic) bond motifs is 1. The quantitative estimate of drug-likeness (QED) is 0.733. The van der Waals surface area contributed by atoms with Crippen LogP contribution in [0.4, 0.5) is 0 Å². The van der Waals surface area contributed by atoms with Gasteiger partial charge in [-0.25, -0.2) is 4.98 Å². The molecule has 1 heterocycles. The van der Waals surface area contributed by atoms with Crippen LogP contribution >= 0.6 is 11.3 Å². The van der Waals surface area contributed by atoms with E-state index in [1.807, 2.05) is 25.2 Å². The Morgan fingerprint density at radius 3 is 2.52 bits per heavy atom. The summed E-state index contributed by atoms with van der Waals surface area (Å²) in [7, 11) is 1.81. The van der Waals surface area contributed by atoms with Crippen LogP contribution in [0.2, 0.25) is 0 Å². The molecule has 0 N–H and O–H groups in total. The standard InChI is InChI=1S/C17H16N2OS/c1-12(20)19(2)11-13-7-9-14(10-8-13)17-18-15-5-3-4-6-16(15)21-17/h3-10H,11H2,1-2H3. The molecule has 1 aromatic heterocycles. The highest BCUT2D eigenvalue weighted by atomic mass is 32.1. The van der Waals surface area contributed by atoms with E-state index >= 15 is 0 Å². The molecule has 106 valence electrons. The number of thiazole rings is 1. The Hall–Kier alpha value is -2.20. The maximum Gasteiger partial charge on any atom is 0.219 e.